The third-order valence-electron chi connectivity index (χ3n) is 3.09. The number of carbonyl (C=O) groups excluding carboxylic acids is 1. The van der Waals surface area contributed by atoms with Crippen molar-refractivity contribution in [1.82, 2.24) is 19.2 Å². The Hall–Kier alpha value is -3.07. The van der Waals surface area contributed by atoms with Gasteiger partial charge in [0.25, 0.3) is 15.9 Å². The molecule has 0 saturated carbocycles. The van der Waals surface area contributed by atoms with E-state index in [9.17, 15) is 13.2 Å². The quantitative estimate of drug-likeness (QED) is 0.769. The number of rotatable bonds is 4. The van der Waals surface area contributed by atoms with Crippen molar-refractivity contribution >= 4 is 21.6 Å². The van der Waals surface area contributed by atoms with Gasteiger partial charge >= 0.3 is 0 Å². The highest BCUT2D eigenvalue weighted by Crippen LogP contribution is 2.14. The predicted molar refractivity (Wildman–Crippen MR) is 86.0 cm³/mol. The van der Waals surface area contributed by atoms with Crippen LogP contribution in [0.25, 0.3) is 0 Å². The van der Waals surface area contributed by atoms with Gasteiger partial charge in [-0.1, -0.05) is 12.1 Å². The van der Waals surface area contributed by atoms with Gasteiger partial charge in [-0.05, 0) is 31.2 Å². The Balaban J connectivity index is 1.84. The number of nitrogens with zero attached hydrogens (tertiary/aromatic N) is 4. The van der Waals surface area contributed by atoms with Gasteiger partial charge in [0, 0.05) is 11.9 Å². The van der Waals surface area contributed by atoms with Crippen LogP contribution in [-0.4, -0.2) is 33.5 Å². The standard InChI is InChI=1S/C15H13N5O3S/c1-11-5-4-7-14(18-11)24(22,23)20-10-12(9-17-20)19-15(21)13-6-2-3-8-16-13/h2-10H,1H3,(H,19,21). The van der Waals surface area contributed by atoms with Crippen molar-refractivity contribution < 1.29 is 13.2 Å². The molecule has 0 atom stereocenters. The van der Waals surface area contributed by atoms with Crippen molar-refractivity contribution in [2.45, 2.75) is 11.9 Å². The Kier molecular flexibility index (Phi) is 4.09. The summed E-state index contributed by atoms with van der Waals surface area (Å²) in [5, 5.41) is 6.22. The van der Waals surface area contributed by atoms with Gasteiger partial charge in [-0.25, -0.2) is 4.98 Å². The maximum atomic E-state index is 12.5. The number of aromatic nitrogens is 4. The zero-order chi connectivity index (χ0) is 17.2. The van der Waals surface area contributed by atoms with Crippen molar-refractivity contribution in [2.75, 3.05) is 5.32 Å². The Morgan fingerprint density at radius 3 is 2.71 bits per heavy atom. The van der Waals surface area contributed by atoms with E-state index in [1.165, 1.54) is 24.7 Å². The molecule has 24 heavy (non-hydrogen) atoms. The molecule has 1 N–H and O–H groups in total. The highest BCUT2D eigenvalue weighted by atomic mass is 32.2. The molecule has 0 saturated heterocycles. The molecule has 122 valence electrons. The van der Waals surface area contributed by atoms with Crippen molar-refractivity contribution in [1.29, 1.82) is 0 Å². The molecular weight excluding hydrogens is 330 g/mol. The summed E-state index contributed by atoms with van der Waals surface area (Å²) < 4.78 is 25.7. The lowest BCUT2D eigenvalue weighted by Gasteiger charge is -2.04. The molecule has 0 aliphatic heterocycles. The highest BCUT2D eigenvalue weighted by Gasteiger charge is 2.20. The van der Waals surface area contributed by atoms with Crippen LogP contribution in [0.5, 0.6) is 0 Å². The average molecular weight is 343 g/mol. The number of amides is 1. The SMILES string of the molecule is Cc1cccc(S(=O)(=O)n2cc(NC(=O)c3ccccn3)cn2)n1. The van der Waals surface area contributed by atoms with E-state index in [2.05, 4.69) is 20.4 Å². The molecule has 0 unspecified atom stereocenters. The molecule has 1 amide bonds. The summed E-state index contributed by atoms with van der Waals surface area (Å²) in [4.78, 5) is 19.9. The van der Waals surface area contributed by atoms with Gasteiger partial charge in [-0.3, -0.25) is 9.78 Å². The number of hydrogen-bond donors (Lipinski definition) is 1. The van der Waals surface area contributed by atoms with Crippen LogP contribution >= 0.6 is 0 Å². The van der Waals surface area contributed by atoms with Crippen molar-refractivity contribution in [3.8, 4) is 0 Å². The fourth-order valence-electron chi connectivity index (χ4n) is 1.95. The third kappa shape index (κ3) is 3.15. The zero-order valence-electron chi connectivity index (χ0n) is 12.6. The Morgan fingerprint density at radius 1 is 1.17 bits per heavy atom. The number of pyridine rings is 2. The summed E-state index contributed by atoms with van der Waals surface area (Å²) in [5.74, 6) is -0.457. The fraction of sp³-hybridized carbons (Fsp3) is 0.0667. The molecule has 3 aromatic heterocycles. The smallest absolute Gasteiger partial charge is 0.300 e. The Labute approximate surface area is 138 Å². The van der Waals surface area contributed by atoms with Gasteiger partial charge in [-0.2, -0.15) is 17.6 Å². The highest BCUT2D eigenvalue weighted by molar-refractivity contribution is 7.89. The van der Waals surface area contributed by atoms with E-state index in [0.717, 1.165) is 4.09 Å². The molecule has 8 nitrogen and oxygen atoms in total. The lowest BCUT2D eigenvalue weighted by Crippen LogP contribution is -2.16. The van der Waals surface area contributed by atoms with Crippen LogP contribution in [0.3, 0.4) is 0 Å². The molecule has 0 fully saturated rings. The minimum atomic E-state index is -3.91. The molecule has 0 aliphatic rings. The Bertz CT molecular complexity index is 983. The van der Waals surface area contributed by atoms with E-state index >= 15 is 0 Å². The first-order chi connectivity index (χ1) is 11.5. The number of carbonyl (C=O) groups is 1. The van der Waals surface area contributed by atoms with Crippen molar-refractivity contribution in [3.63, 3.8) is 0 Å². The lowest BCUT2D eigenvalue weighted by atomic mass is 10.3. The second-order valence-electron chi connectivity index (χ2n) is 4.89. The van der Waals surface area contributed by atoms with Gasteiger partial charge < -0.3 is 5.32 Å². The summed E-state index contributed by atoms with van der Waals surface area (Å²) in [7, 11) is -3.91. The third-order valence-corrected chi connectivity index (χ3v) is 4.54. The number of anilines is 1. The molecule has 0 aromatic carbocycles. The van der Waals surface area contributed by atoms with E-state index in [-0.39, 0.29) is 16.4 Å². The maximum absolute atomic E-state index is 12.5. The summed E-state index contributed by atoms with van der Waals surface area (Å²) in [6.07, 6.45) is 3.95. The van der Waals surface area contributed by atoms with Crippen molar-refractivity contribution in [2.24, 2.45) is 0 Å². The monoisotopic (exact) mass is 343 g/mol. The molecule has 0 spiro atoms. The van der Waals surface area contributed by atoms with Gasteiger partial charge in [0.05, 0.1) is 18.1 Å². The van der Waals surface area contributed by atoms with Gasteiger partial charge in [0.2, 0.25) is 0 Å². The molecule has 0 bridgehead atoms. The summed E-state index contributed by atoms with van der Waals surface area (Å²) in [6.45, 7) is 1.70. The molecule has 0 aliphatic carbocycles. The van der Waals surface area contributed by atoms with E-state index in [0.29, 0.717) is 5.69 Å². The summed E-state index contributed by atoms with van der Waals surface area (Å²) >= 11 is 0. The first kappa shape index (κ1) is 15.8. The fourth-order valence-corrected chi connectivity index (χ4v) is 3.08. The van der Waals surface area contributed by atoms with Gasteiger partial charge in [0.1, 0.15) is 5.69 Å². The molecule has 3 heterocycles. The predicted octanol–water partition coefficient (Wildman–Crippen LogP) is 1.47. The van der Waals surface area contributed by atoms with Crippen LogP contribution in [0.4, 0.5) is 5.69 Å². The minimum Gasteiger partial charge on any atom is -0.318 e. The van der Waals surface area contributed by atoms with Crippen LogP contribution in [-0.2, 0) is 10.0 Å². The molecule has 3 rings (SSSR count). The summed E-state index contributed by atoms with van der Waals surface area (Å²) in [6, 6.07) is 9.60. The van der Waals surface area contributed by atoms with Gasteiger partial charge in [-0.15, -0.1) is 0 Å². The molecule has 9 heteroatoms. The summed E-state index contributed by atoms with van der Waals surface area (Å²) in [5.41, 5.74) is 1.03. The lowest BCUT2D eigenvalue weighted by molar-refractivity contribution is 0.102. The zero-order valence-corrected chi connectivity index (χ0v) is 13.4. The van der Waals surface area contributed by atoms with E-state index < -0.39 is 15.9 Å². The van der Waals surface area contributed by atoms with E-state index in [1.54, 1.807) is 37.3 Å². The topological polar surface area (TPSA) is 107 Å². The number of hydrogen-bond acceptors (Lipinski definition) is 6. The number of nitrogens with one attached hydrogen (secondary N) is 1. The van der Waals surface area contributed by atoms with Crippen molar-refractivity contribution in [3.05, 3.63) is 66.4 Å². The largest absolute Gasteiger partial charge is 0.318 e. The number of aryl methyl sites for hydroxylation is 1. The molecule has 0 radical (unpaired) electrons. The first-order valence-electron chi connectivity index (χ1n) is 6.93. The normalized spacial score (nSPS) is 11.2. The van der Waals surface area contributed by atoms with Crippen LogP contribution in [0.15, 0.2) is 60.0 Å². The maximum Gasteiger partial charge on any atom is 0.300 e. The van der Waals surface area contributed by atoms with E-state index in [1.807, 2.05) is 0 Å². The van der Waals surface area contributed by atoms with Crippen LogP contribution in [0, 0.1) is 6.92 Å². The molecule has 3 aromatic rings. The van der Waals surface area contributed by atoms with Gasteiger partial charge in [0.15, 0.2) is 5.03 Å². The van der Waals surface area contributed by atoms with Crippen LogP contribution < -0.4 is 5.32 Å². The Morgan fingerprint density at radius 2 is 2.00 bits per heavy atom. The second-order valence-corrected chi connectivity index (χ2v) is 6.64. The minimum absolute atomic E-state index is 0.117. The first-order valence-corrected chi connectivity index (χ1v) is 8.37. The average Bonchev–Trinajstić information content (AvgIpc) is 3.05. The molecular formula is C15H13N5O3S. The second kappa shape index (κ2) is 6.20. The van der Waals surface area contributed by atoms with Crippen LogP contribution in [0.1, 0.15) is 16.2 Å². The van der Waals surface area contributed by atoms with E-state index in [4.69, 9.17) is 0 Å². The van der Waals surface area contributed by atoms with Crippen LogP contribution in [0.2, 0.25) is 0 Å².